The highest BCUT2D eigenvalue weighted by atomic mass is 127. The molecule has 0 fully saturated rings. The van der Waals surface area contributed by atoms with E-state index in [4.69, 9.17) is 16.1 Å². The molecule has 2 N–H and O–H groups in total. The molecule has 0 saturated heterocycles. The number of rotatable bonds is 7. The number of aliphatic imine (C=N–C) groups is 1. The molecule has 0 radical (unpaired) electrons. The maximum absolute atomic E-state index is 12.5. The van der Waals surface area contributed by atoms with Gasteiger partial charge in [0.1, 0.15) is 5.75 Å². The van der Waals surface area contributed by atoms with E-state index >= 15 is 0 Å². The van der Waals surface area contributed by atoms with Crippen LogP contribution in [0.25, 0.3) is 11.4 Å². The number of para-hydroxylation sites is 1. The van der Waals surface area contributed by atoms with Crippen LogP contribution in [0.3, 0.4) is 0 Å². The molecule has 3 aromatic rings. The van der Waals surface area contributed by atoms with Crippen molar-refractivity contribution in [2.24, 2.45) is 4.99 Å². The zero-order chi connectivity index (χ0) is 20.6. The molecule has 0 aliphatic heterocycles. The first-order valence-corrected chi connectivity index (χ1v) is 8.98. The molecule has 0 saturated carbocycles. The number of benzene rings is 2. The molecule has 1 aromatic heterocycles. The molecule has 11 heteroatoms. The van der Waals surface area contributed by atoms with Crippen LogP contribution in [0.15, 0.2) is 58.0 Å². The molecule has 0 spiro atoms. The Morgan fingerprint density at radius 3 is 2.53 bits per heavy atom. The van der Waals surface area contributed by atoms with Gasteiger partial charge in [-0.05, 0) is 30.3 Å². The Labute approximate surface area is 193 Å². The fourth-order valence-corrected chi connectivity index (χ4v) is 2.59. The third-order valence-corrected chi connectivity index (χ3v) is 4.09. The van der Waals surface area contributed by atoms with Crippen molar-refractivity contribution < 1.29 is 18.0 Å². The van der Waals surface area contributed by atoms with Crippen molar-refractivity contribution in [1.82, 2.24) is 20.8 Å². The first-order chi connectivity index (χ1) is 14.0. The molecule has 0 bridgehead atoms. The van der Waals surface area contributed by atoms with Gasteiger partial charge in [0.25, 0.3) is 0 Å². The van der Waals surface area contributed by atoms with Gasteiger partial charge in [0.05, 0.1) is 6.54 Å². The molecule has 30 heavy (non-hydrogen) atoms. The van der Waals surface area contributed by atoms with Crippen LogP contribution in [0, 0.1) is 0 Å². The quantitative estimate of drug-likeness (QED) is 0.257. The summed E-state index contributed by atoms with van der Waals surface area (Å²) >= 11 is 5.87. The Hall–Kier alpha value is -2.47. The average molecular weight is 550 g/mol. The third kappa shape index (κ3) is 6.80. The summed E-state index contributed by atoms with van der Waals surface area (Å²) in [4.78, 5) is 8.40. The second-order valence-corrected chi connectivity index (χ2v) is 6.22. The number of hydrogen-bond donors (Lipinski definition) is 2. The lowest BCUT2D eigenvalue weighted by Crippen LogP contribution is -2.36. The van der Waals surface area contributed by atoms with Gasteiger partial charge in [-0.2, -0.15) is 13.8 Å². The lowest BCUT2D eigenvalue weighted by Gasteiger charge is -2.13. The van der Waals surface area contributed by atoms with Crippen LogP contribution in [0.1, 0.15) is 11.5 Å². The molecule has 0 aliphatic carbocycles. The van der Waals surface area contributed by atoms with E-state index in [-0.39, 0.29) is 42.8 Å². The standard InChI is InChI=1S/C19H18ClF2N5O2.HI/c1-23-19(24-10-13-4-2-3-5-15(13)28-18(21)22)25-11-16-26-17(27-29-16)12-6-8-14(20)9-7-12;/h2-9,18H,10-11H2,1H3,(H2,23,24,25);1H. The second-order valence-electron chi connectivity index (χ2n) is 5.78. The maximum atomic E-state index is 12.5. The molecular weight excluding hydrogens is 531 g/mol. The minimum Gasteiger partial charge on any atom is -0.434 e. The van der Waals surface area contributed by atoms with Gasteiger partial charge in [-0.15, -0.1) is 24.0 Å². The van der Waals surface area contributed by atoms with E-state index in [2.05, 4.69) is 30.5 Å². The van der Waals surface area contributed by atoms with Crippen LogP contribution in [-0.2, 0) is 13.1 Å². The fourth-order valence-electron chi connectivity index (χ4n) is 2.46. The normalized spacial score (nSPS) is 11.2. The highest BCUT2D eigenvalue weighted by molar-refractivity contribution is 14.0. The number of halogens is 4. The van der Waals surface area contributed by atoms with E-state index in [1.165, 1.54) is 6.07 Å². The Bertz CT molecular complexity index is 970. The molecule has 2 aromatic carbocycles. The lowest BCUT2D eigenvalue weighted by atomic mass is 10.2. The van der Waals surface area contributed by atoms with E-state index in [9.17, 15) is 8.78 Å². The van der Waals surface area contributed by atoms with Gasteiger partial charge in [0, 0.05) is 29.7 Å². The minimum absolute atomic E-state index is 0. The van der Waals surface area contributed by atoms with E-state index in [0.717, 1.165) is 5.56 Å². The monoisotopic (exact) mass is 549 g/mol. The molecule has 1 heterocycles. The van der Waals surface area contributed by atoms with Crippen LogP contribution >= 0.6 is 35.6 Å². The number of guanidine groups is 1. The average Bonchev–Trinajstić information content (AvgIpc) is 3.18. The van der Waals surface area contributed by atoms with Crippen LogP contribution in [0.4, 0.5) is 8.78 Å². The van der Waals surface area contributed by atoms with Crippen molar-refractivity contribution >= 4 is 41.5 Å². The molecular formula is C19H19ClF2IN5O2. The van der Waals surface area contributed by atoms with Crippen molar-refractivity contribution in [2.45, 2.75) is 19.7 Å². The summed E-state index contributed by atoms with van der Waals surface area (Å²) in [5.74, 6) is 1.34. The van der Waals surface area contributed by atoms with Gasteiger partial charge in [-0.25, -0.2) is 0 Å². The van der Waals surface area contributed by atoms with Crippen LogP contribution in [0.2, 0.25) is 5.02 Å². The molecule has 160 valence electrons. The zero-order valence-corrected chi connectivity index (χ0v) is 18.9. The first-order valence-electron chi connectivity index (χ1n) is 8.61. The number of aromatic nitrogens is 2. The summed E-state index contributed by atoms with van der Waals surface area (Å²) in [7, 11) is 1.59. The molecule has 0 aliphatic rings. The largest absolute Gasteiger partial charge is 0.434 e. The molecule has 0 amide bonds. The number of nitrogens with one attached hydrogen (secondary N) is 2. The van der Waals surface area contributed by atoms with E-state index in [1.807, 2.05) is 0 Å². The smallest absolute Gasteiger partial charge is 0.387 e. The zero-order valence-electron chi connectivity index (χ0n) is 15.8. The number of hydrogen-bond acceptors (Lipinski definition) is 5. The van der Waals surface area contributed by atoms with Gasteiger partial charge in [0.15, 0.2) is 5.96 Å². The van der Waals surface area contributed by atoms with Crippen molar-refractivity contribution in [2.75, 3.05) is 7.05 Å². The predicted molar refractivity (Wildman–Crippen MR) is 120 cm³/mol. The van der Waals surface area contributed by atoms with Gasteiger partial charge in [0.2, 0.25) is 11.7 Å². The van der Waals surface area contributed by atoms with Gasteiger partial charge < -0.3 is 19.9 Å². The van der Waals surface area contributed by atoms with Gasteiger partial charge in [-0.3, -0.25) is 4.99 Å². The summed E-state index contributed by atoms with van der Waals surface area (Å²) in [6.07, 6.45) is 0. The van der Waals surface area contributed by atoms with Gasteiger partial charge in [-0.1, -0.05) is 35.0 Å². The summed E-state index contributed by atoms with van der Waals surface area (Å²) in [6.45, 7) is -2.42. The van der Waals surface area contributed by atoms with E-state index < -0.39 is 6.61 Å². The van der Waals surface area contributed by atoms with Crippen LogP contribution < -0.4 is 15.4 Å². The summed E-state index contributed by atoms with van der Waals surface area (Å²) in [6, 6.07) is 13.6. The Balaban J connectivity index is 0.00000320. The van der Waals surface area contributed by atoms with Gasteiger partial charge >= 0.3 is 6.61 Å². The SMILES string of the molecule is CN=C(NCc1nc(-c2ccc(Cl)cc2)no1)NCc1ccccc1OC(F)F.I. The maximum Gasteiger partial charge on any atom is 0.387 e. The van der Waals surface area contributed by atoms with Crippen molar-refractivity contribution in [3.63, 3.8) is 0 Å². The summed E-state index contributed by atoms with van der Waals surface area (Å²) in [5, 5.41) is 10.6. The number of alkyl halides is 2. The number of nitrogens with zero attached hydrogens (tertiary/aromatic N) is 3. The van der Waals surface area contributed by atoms with Crippen molar-refractivity contribution in [3.8, 4) is 17.1 Å². The van der Waals surface area contributed by atoms with Crippen LogP contribution in [-0.4, -0.2) is 29.8 Å². The van der Waals surface area contributed by atoms with Crippen LogP contribution in [0.5, 0.6) is 5.75 Å². The van der Waals surface area contributed by atoms with E-state index in [1.54, 1.807) is 49.5 Å². The Morgan fingerprint density at radius 1 is 1.13 bits per heavy atom. The predicted octanol–water partition coefficient (Wildman–Crippen LogP) is 4.47. The summed E-state index contributed by atoms with van der Waals surface area (Å²) < 4.78 is 34.8. The third-order valence-electron chi connectivity index (χ3n) is 3.84. The minimum atomic E-state index is -2.89. The topological polar surface area (TPSA) is 84.6 Å². The Morgan fingerprint density at radius 2 is 1.83 bits per heavy atom. The lowest BCUT2D eigenvalue weighted by molar-refractivity contribution is -0.0504. The number of ether oxygens (including phenoxy) is 1. The van der Waals surface area contributed by atoms with E-state index in [0.29, 0.717) is 28.3 Å². The van der Waals surface area contributed by atoms with Crippen molar-refractivity contribution in [1.29, 1.82) is 0 Å². The van der Waals surface area contributed by atoms with Crippen molar-refractivity contribution in [3.05, 3.63) is 65.0 Å². The Kier molecular flexibility index (Phi) is 9.24. The first kappa shape index (κ1) is 23.8. The molecule has 3 rings (SSSR count). The highest BCUT2D eigenvalue weighted by Crippen LogP contribution is 2.20. The highest BCUT2D eigenvalue weighted by Gasteiger charge is 2.11. The second kappa shape index (κ2) is 11.6. The molecule has 0 atom stereocenters. The molecule has 0 unspecified atom stereocenters. The molecule has 7 nitrogen and oxygen atoms in total. The fraction of sp³-hybridized carbons (Fsp3) is 0.211. The summed E-state index contributed by atoms with van der Waals surface area (Å²) in [5.41, 5.74) is 1.35.